The van der Waals surface area contributed by atoms with E-state index in [1.165, 1.54) is 26.2 Å². The van der Waals surface area contributed by atoms with E-state index in [-0.39, 0.29) is 5.91 Å². The number of nitrogens with one attached hydrogen (secondary N) is 1. The van der Waals surface area contributed by atoms with Crippen molar-refractivity contribution in [2.45, 2.75) is 39.2 Å². The van der Waals surface area contributed by atoms with Crippen molar-refractivity contribution in [1.29, 1.82) is 0 Å². The molecular formula is C32H36N2O5. The zero-order chi connectivity index (χ0) is 28.2. The average Bonchev–Trinajstić information content (AvgIpc) is 2.97. The minimum atomic E-state index is -0.993. The van der Waals surface area contributed by atoms with Crippen molar-refractivity contribution < 1.29 is 23.8 Å². The normalized spacial score (nSPS) is 11.0. The second kappa shape index (κ2) is 14.5. The van der Waals surface area contributed by atoms with Gasteiger partial charge in [-0.25, -0.2) is 0 Å². The third-order valence-electron chi connectivity index (χ3n) is 6.21. The number of hydrogen-bond donors (Lipinski definition) is 1. The Hall–Kier alpha value is -4.44. The highest BCUT2D eigenvalue weighted by atomic mass is 16.5. The molecule has 1 N–H and O–H groups in total. The van der Waals surface area contributed by atoms with Gasteiger partial charge in [-0.3, -0.25) is 14.5 Å². The number of rotatable bonds is 11. The van der Waals surface area contributed by atoms with Gasteiger partial charge in [-0.05, 0) is 31.0 Å². The SMILES string of the molecule is CCCCCNC(=O)C(c1ccc(C)cc1)N(C(=O)C#Cc1ccccc1)c1cc(OC)c(OC)c(OC)c1. The van der Waals surface area contributed by atoms with Gasteiger partial charge in [0.2, 0.25) is 11.7 Å². The van der Waals surface area contributed by atoms with E-state index in [1.807, 2.05) is 61.5 Å². The lowest BCUT2D eigenvalue weighted by molar-refractivity contribution is -0.125. The van der Waals surface area contributed by atoms with Gasteiger partial charge in [0.05, 0.1) is 27.0 Å². The van der Waals surface area contributed by atoms with Crippen molar-refractivity contribution in [3.63, 3.8) is 0 Å². The van der Waals surface area contributed by atoms with Crippen LogP contribution in [0.25, 0.3) is 0 Å². The zero-order valence-corrected chi connectivity index (χ0v) is 23.2. The highest BCUT2D eigenvalue weighted by Gasteiger charge is 2.33. The molecule has 0 aliphatic carbocycles. The molecule has 0 aliphatic heterocycles. The van der Waals surface area contributed by atoms with Gasteiger partial charge in [0, 0.05) is 30.2 Å². The zero-order valence-electron chi connectivity index (χ0n) is 23.2. The monoisotopic (exact) mass is 528 g/mol. The molecule has 0 heterocycles. The van der Waals surface area contributed by atoms with E-state index in [1.54, 1.807) is 12.1 Å². The maximum Gasteiger partial charge on any atom is 0.304 e. The highest BCUT2D eigenvalue weighted by molar-refractivity contribution is 6.10. The Balaban J connectivity index is 2.19. The molecule has 0 fully saturated rings. The smallest absolute Gasteiger partial charge is 0.304 e. The van der Waals surface area contributed by atoms with E-state index in [4.69, 9.17) is 14.2 Å². The van der Waals surface area contributed by atoms with Gasteiger partial charge in [-0.2, -0.15) is 0 Å². The van der Waals surface area contributed by atoms with Crippen LogP contribution in [0.2, 0.25) is 0 Å². The molecule has 0 aliphatic rings. The molecule has 7 nitrogen and oxygen atoms in total. The molecule has 204 valence electrons. The molecule has 0 aromatic heterocycles. The summed E-state index contributed by atoms with van der Waals surface area (Å²) in [7, 11) is 4.51. The van der Waals surface area contributed by atoms with Crippen molar-refractivity contribution in [1.82, 2.24) is 5.32 Å². The summed E-state index contributed by atoms with van der Waals surface area (Å²) in [4.78, 5) is 29.1. The lowest BCUT2D eigenvalue weighted by Gasteiger charge is -2.31. The van der Waals surface area contributed by atoms with E-state index in [0.29, 0.717) is 40.6 Å². The van der Waals surface area contributed by atoms with Crippen LogP contribution in [0.3, 0.4) is 0 Å². The van der Waals surface area contributed by atoms with Gasteiger partial charge in [0.1, 0.15) is 6.04 Å². The van der Waals surface area contributed by atoms with Gasteiger partial charge >= 0.3 is 5.91 Å². The van der Waals surface area contributed by atoms with Crippen molar-refractivity contribution >= 4 is 17.5 Å². The first-order chi connectivity index (χ1) is 18.9. The highest BCUT2D eigenvalue weighted by Crippen LogP contribution is 2.42. The van der Waals surface area contributed by atoms with Crippen molar-refractivity contribution in [2.24, 2.45) is 0 Å². The Morgan fingerprint density at radius 3 is 2.10 bits per heavy atom. The van der Waals surface area contributed by atoms with Crippen LogP contribution in [-0.2, 0) is 9.59 Å². The predicted molar refractivity (Wildman–Crippen MR) is 153 cm³/mol. The second-order valence-electron chi connectivity index (χ2n) is 8.99. The molecule has 1 atom stereocenters. The number of carbonyl (C=O) groups is 2. The van der Waals surface area contributed by atoms with Crippen LogP contribution in [0.4, 0.5) is 5.69 Å². The van der Waals surface area contributed by atoms with Gasteiger partial charge in [-0.1, -0.05) is 73.7 Å². The van der Waals surface area contributed by atoms with Crippen molar-refractivity contribution in [3.05, 3.63) is 83.4 Å². The number of unbranched alkanes of at least 4 members (excludes halogenated alkanes) is 2. The lowest BCUT2D eigenvalue weighted by Crippen LogP contribution is -2.44. The van der Waals surface area contributed by atoms with Gasteiger partial charge < -0.3 is 19.5 Å². The number of anilines is 1. The Kier molecular flexibility index (Phi) is 10.8. The number of aryl methyl sites for hydroxylation is 1. The van der Waals surface area contributed by atoms with Crippen LogP contribution < -0.4 is 24.4 Å². The van der Waals surface area contributed by atoms with Gasteiger partial charge in [0.25, 0.3) is 0 Å². The minimum Gasteiger partial charge on any atom is -0.493 e. The van der Waals surface area contributed by atoms with Crippen LogP contribution in [0.1, 0.15) is 48.9 Å². The van der Waals surface area contributed by atoms with E-state index < -0.39 is 11.9 Å². The molecule has 3 rings (SSSR count). The number of carbonyl (C=O) groups excluding carboxylic acids is 2. The third kappa shape index (κ3) is 7.55. The summed E-state index contributed by atoms with van der Waals surface area (Å²) in [5.41, 5.74) is 2.75. The van der Waals surface area contributed by atoms with Crippen molar-refractivity contribution in [2.75, 3.05) is 32.8 Å². The van der Waals surface area contributed by atoms with Gasteiger partial charge in [0.15, 0.2) is 11.5 Å². The van der Waals surface area contributed by atoms with E-state index >= 15 is 0 Å². The van der Waals surface area contributed by atoms with E-state index in [9.17, 15) is 9.59 Å². The van der Waals surface area contributed by atoms with Crippen LogP contribution in [-0.4, -0.2) is 39.7 Å². The number of ether oxygens (including phenoxy) is 3. The number of benzene rings is 3. The molecule has 0 saturated carbocycles. The maximum absolute atomic E-state index is 13.9. The largest absolute Gasteiger partial charge is 0.493 e. The summed E-state index contributed by atoms with van der Waals surface area (Å²) in [6, 6.07) is 19.1. The molecular weight excluding hydrogens is 492 g/mol. The standard InChI is InChI=1S/C32H36N2O5/c1-6-7-11-20-33-32(36)30(25-17-14-23(2)15-18-25)34(29(35)19-16-24-12-9-8-10-13-24)26-21-27(37-3)31(39-5)28(22-26)38-4/h8-10,12-15,17-18,21-22,30H,6-7,11,20H2,1-5H3,(H,33,36). The second-order valence-corrected chi connectivity index (χ2v) is 8.99. The van der Waals surface area contributed by atoms with Crippen LogP contribution in [0.5, 0.6) is 17.2 Å². The maximum atomic E-state index is 13.9. The first kappa shape index (κ1) is 29.1. The molecule has 0 spiro atoms. The summed E-state index contributed by atoms with van der Waals surface area (Å²) in [6.07, 6.45) is 2.87. The summed E-state index contributed by atoms with van der Waals surface area (Å²) < 4.78 is 16.6. The number of methoxy groups -OCH3 is 3. The molecule has 3 aromatic rings. The molecule has 0 radical (unpaired) electrons. The Bertz CT molecular complexity index is 1280. The minimum absolute atomic E-state index is 0.307. The first-order valence-electron chi connectivity index (χ1n) is 13.0. The quantitative estimate of drug-likeness (QED) is 0.264. The van der Waals surface area contributed by atoms with E-state index in [2.05, 4.69) is 24.1 Å². The number of nitrogens with zero attached hydrogens (tertiary/aromatic N) is 1. The third-order valence-corrected chi connectivity index (χ3v) is 6.21. The fraction of sp³-hybridized carbons (Fsp3) is 0.312. The molecule has 0 saturated heterocycles. The Morgan fingerprint density at radius 2 is 1.54 bits per heavy atom. The topological polar surface area (TPSA) is 77.1 Å². The fourth-order valence-electron chi connectivity index (χ4n) is 4.15. The summed E-state index contributed by atoms with van der Waals surface area (Å²) in [6.45, 7) is 4.58. The summed E-state index contributed by atoms with van der Waals surface area (Å²) >= 11 is 0. The fourth-order valence-corrected chi connectivity index (χ4v) is 4.15. The average molecular weight is 529 g/mol. The molecule has 39 heavy (non-hydrogen) atoms. The summed E-state index contributed by atoms with van der Waals surface area (Å²) in [5, 5.41) is 3.02. The first-order valence-corrected chi connectivity index (χ1v) is 13.0. The summed E-state index contributed by atoms with van der Waals surface area (Å²) in [5.74, 6) is 5.89. The number of amides is 2. The van der Waals surface area contributed by atoms with Crippen molar-refractivity contribution in [3.8, 4) is 29.1 Å². The Labute approximate surface area is 231 Å². The van der Waals surface area contributed by atoms with Gasteiger partial charge in [-0.15, -0.1) is 0 Å². The number of hydrogen-bond acceptors (Lipinski definition) is 5. The molecule has 3 aromatic carbocycles. The molecule has 2 amide bonds. The Morgan fingerprint density at radius 1 is 0.897 bits per heavy atom. The van der Waals surface area contributed by atoms with Crippen LogP contribution in [0.15, 0.2) is 66.7 Å². The van der Waals surface area contributed by atoms with E-state index in [0.717, 1.165) is 24.8 Å². The lowest BCUT2D eigenvalue weighted by atomic mass is 10.0. The molecule has 1 unspecified atom stereocenters. The molecule has 0 bridgehead atoms. The van der Waals surface area contributed by atoms with Crippen LogP contribution >= 0.6 is 0 Å². The molecule has 7 heteroatoms. The van der Waals surface area contributed by atoms with Crippen LogP contribution in [0, 0.1) is 18.8 Å². The predicted octanol–water partition coefficient (Wildman–Crippen LogP) is 5.45.